The third-order valence-electron chi connectivity index (χ3n) is 1.38. The van der Waals surface area contributed by atoms with E-state index >= 15 is 0 Å². The van der Waals surface area contributed by atoms with E-state index in [0.29, 0.717) is 10.6 Å². The number of hydrogen-bond donors (Lipinski definition) is 0. The summed E-state index contributed by atoms with van der Waals surface area (Å²) in [5.74, 6) is 0. The first-order valence-electron chi connectivity index (χ1n) is 2.99. The molecule has 0 amide bonds. The Morgan fingerprint density at radius 2 is 2.33 bits per heavy atom. The van der Waals surface area contributed by atoms with E-state index in [1.165, 1.54) is 6.20 Å². The van der Waals surface area contributed by atoms with E-state index in [9.17, 15) is 10.1 Å². The van der Waals surface area contributed by atoms with Gasteiger partial charge in [0.05, 0.1) is 9.95 Å². The summed E-state index contributed by atoms with van der Waals surface area (Å²) >= 11 is 8.61. The second-order valence-electron chi connectivity index (χ2n) is 2.13. The average molecular weight is 251 g/mol. The van der Waals surface area contributed by atoms with Crippen LogP contribution in [-0.4, -0.2) is 9.91 Å². The van der Waals surface area contributed by atoms with Crippen LogP contribution in [0.5, 0.6) is 0 Å². The van der Waals surface area contributed by atoms with Crippen LogP contribution < -0.4 is 0 Å². The van der Waals surface area contributed by atoms with Crippen molar-refractivity contribution in [2.24, 2.45) is 0 Å². The van der Waals surface area contributed by atoms with E-state index in [4.69, 9.17) is 11.6 Å². The number of nitro groups is 1. The van der Waals surface area contributed by atoms with Crippen molar-refractivity contribution in [3.63, 3.8) is 0 Å². The molecule has 0 bridgehead atoms. The maximum Gasteiger partial charge on any atom is 0.306 e. The molecule has 0 aromatic carbocycles. The molecule has 0 unspecified atom stereocenters. The van der Waals surface area contributed by atoms with Crippen molar-refractivity contribution in [1.29, 1.82) is 0 Å². The van der Waals surface area contributed by atoms with Gasteiger partial charge in [-0.15, -0.1) is 0 Å². The van der Waals surface area contributed by atoms with E-state index in [1.807, 2.05) is 0 Å². The van der Waals surface area contributed by atoms with Crippen LogP contribution in [0.2, 0.25) is 5.02 Å². The van der Waals surface area contributed by atoms with Gasteiger partial charge in [0.15, 0.2) is 4.60 Å². The van der Waals surface area contributed by atoms with Gasteiger partial charge < -0.3 is 0 Å². The maximum atomic E-state index is 10.5. The second kappa shape index (κ2) is 3.37. The predicted molar refractivity (Wildman–Crippen MR) is 48.3 cm³/mol. The highest BCUT2D eigenvalue weighted by Gasteiger charge is 2.18. The quantitative estimate of drug-likeness (QED) is 0.438. The predicted octanol–water partition coefficient (Wildman–Crippen LogP) is 2.71. The Morgan fingerprint density at radius 1 is 1.75 bits per heavy atom. The van der Waals surface area contributed by atoms with Gasteiger partial charge in [-0.3, -0.25) is 10.1 Å². The molecule has 0 saturated heterocycles. The third kappa shape index (κ3) is 1.56. The van der Waals surface area contributed by atoms with Gasteiger partial charge in [0.25, 0.3) is 0 Å². The highest BCUT2D eigenvalue weighted by Crippen LogP contribution is 2.30. The summed E-state index contributed by atoms with van der Waals surface area (Å²) in [7, 11) is 0. The number of pyridine rings is 1. The number of halogens is 2. The molecule has 0 aliphatic rings. The molecule has 0 atom stereocenters. The van der Waals surface area contributed by atoms with Crippen LogP contribution in [0.3, 0.4) is 0 Å². The van der Waals surface area contributed by atoms with E-state index in [1.54, 1.807) is 6.92 Å². The fourth-order valence-electron chi connectivity index (χ4n) is 0.751. The van der Waals surface area contributed by atoms with Crippen molar-refractivity contribution in [1.82, 2.24) is 4.98 Å². The van der Waals surface area contributed by atoms with Crippen LogP contribution in [0.15, 0.2) is 10.8 Å². The summed E-state index contributed by atoms with van der Waals surface area (Å²) in [6.07, 6.45) is 1.37. The van der Waals surface area contributed by atoms with Crippen molar-refractivity contribution in [3.8, 4) is 0 Å². The van der Waals surface area contributed by atoms with Crippen LogP contribution >= 0.6 is 27.5 Å². The molecule has 1 aromatic heterocycles. The highest BCUT2D eigenvalue weighted by molar-refractivity contribution is 9.10. The number of rotatable bonds is 1. The molecule has 0 saturated carbocycles. The lowest BCUT2D eigenvalue weighted by molar-refractivity contribution is -0.386. The zero-order valence-electron chi connectivity index (χ0n) is 6.04. The number of hydrogen-bond acceptors (Lipinski definition) is 3. The Balaban J connectivity index is 3.43. The Bertz CT molecular complexity index is 343. The Kier molecular flexibility index (Phi) is 2.64. The lowest BCUT2D eigenvalue weighted by atomic mass is 10.2. The first-order chi connectivity index (χ1) is 5.54. The fraction of sp³-hybridized carbons (Fsp3) is 0.167. The van der Waals surface area contributed by atoms with Gasteiger partial charge in [-0.1, -0.05) is 11.6 Å². The summed E-state index contributed by atoms with van der Waals surface area (Å²) in [5, 5.41) is 10.8. The molecule has 0 aliphatic heterocycles. The molecule has 64 valence electrons. The highest BCUT2D eigenvalue weighted by atomic mass is 79.9. The van der Waals surface area contributed by atoms with Gasteiger partial charge in [-0.05, 0) is 22.9 Å². The van der Waals surface area contributed by atoms with E-state index in [-0.39, 0.29) is 10.3 Å². The minimum absolute atomic E-state index is 0.0810. The molecule has 0 fully saturated rings. The van der Waals surface area contributed by atoms with Crippen molar-refractivity contribution in [3.05, 3.63) is 31.5 Å². The average Bonchev–Trinajstić information content (AvgIpc) is 1.97. The summed E-state index contributed by atoms with van der Waals surface area (Å²) in [6, 6.07) is 0. The van der Waals surface area contributed by atoms with Gasteiger partial charge in [0.1, 0.15) is 0 Å². The zero-order valence-corrected chi connectivity index (χ0v) is 8.39. The lowest BCUT2D eigenvalue weighted by Crippen LogP contribution is -1.95. The molecule has 4 nitrogen and oxygen atoms in total. The topological polar surface area (TPSA) is 56.0 Å². The van der Waals surface area contributed by atoms with Gasteiger partial charge in [-0.2, -0.15) is 0 Å². The standard InChI is InChI=1S/C6H4BrClN2O2/c1-3-4(8)2-9-6(7)5(3)10(11)12/h2H,1H3. The first kappa shape index (κ1) is 9.41. The van der Waals surface area contributed by atoms with Crippen LogP contribution in [0.25, 0.3) is 0 Å². The van der Waals surface area contributed by atoms with Crippen LogP contribution in [0, 0.1) is 17.0 Å². The van der Waals surface area contributed by atoms with Gasteiger partial charge in [0.2, 0.25) is 0 Å². The summed E-state index contributed by atoms with van der Waals surface area (Å²) in [4.78, 5) is 13.7. The van der Waals surface area contributed by atoms with Crippen LogP contribution in [-0.2, 0) is 0 Å². The van der Waals surface area contributed by atoms with Gasteiger partial charge in [-0.25, -0.2) is 4.98 Å². The monoisotopic (exact) mass is 250 g/mol. The van der Waals surface area contributed by atoms with Crippen LogP contribution in [0.4, 0.5) is 5.69 Å². The van der Waals surface area contributed by atoms with Crippen LogP contribution in [0.1, 0.15) is 5.56 Å². The molecule has 0 spiro atoms. The smallest absolute Gasteiger partial charge is 0.258 e. The molecule has 12 heavy (non-hydrogen) atoms. The van der Waals surface area contributed by atoms with E-state index in [2.05, 4.69) is 20.9 Å². The third-order valence-corrected chi connectivity index (χ3v) is 2.34. The lowest BCUT2D eigenvalue weighted by Gasteiger charge is -1.99. The molecule has 1 aromatic rings. The minimum Gasteiger partial charge on any atom is -0.258 e. The Hall–Kier alpha value is -0.680. The molecular formula is C6H4BrClN2O2. The molecule has 1 heterocycles. The van der Waals surface area contributed by atoms with Crippen molar-refractivity contribution < 1.29 is 4.92 Å². The SMILES string of the molecule is Cc1c(Cl)cnc(Br)c1[N+](=O)[O-]. The summed E-state index contributed by atoms with van der Waals surface area (Å²) in [5.41, 5.74) is 0.339. The zero-order chi connectivity index (χ0) is 9.30. The van der Waals surface area contributed by atoms with E-state index in [0.717, 1.165) is 0 Å². The molecular weight excluding hydrogens is 247 g/mol. The summed E-state index contributed by atoms with van der Waals surface area (Å²) < 4.78 is 0.203. The molecule has 1 rings (SSSR count). The molecule has 0 radical (unpaired) electrons. The van der Waals surface area contributed by atoms with Crippen molar-refractivity contribution in [2.45, 2.75) is 6.92 Å². The summed E-state index contributed by atoms with van der Waals surface area (Å²) in [6.45, 7) is 1.58. The molecule has 0 aliphatic carbocycles. The first-order valence-corrected chi connectivity index (χ1v) is 4.16. The molecule has 6 heteroatoms. The van der Waals surface area contributed by atoms with Gasteiger partial charge in [0, 0.05) is 11.8 Å². The minimum atomic E-state index is -0.516. The van der Waals surface area contributed by atoms with Gasteiger partial charge >= 0.3 is 5.69 Å². The van der Waals surface area contributed by atoms with Crippen molar-refractivity contribution >= 4 is 33.2 Å². The fourth-order valence-corrected chi connectivity index (χ4v) is 1.43. The second-order valence-corrected chi connectivity index (χ2v) is 3.29. The maximum absolute atomic E-state index is 10.5. The Labute approximate surface area is 81.8 Å². The Morgan fingerprint density at radius 3 is 2.75 bits per heavy atom. The van der Waals surface area contributed by atoms with Crippen molar-refractivity contribution in [2.75, 3.05) is 0 Å². The van der Waals surface area contributed by atoms with E-state index < -0.39 is 4.92 Å². The number of nitrogens with zero attached hydrogens (tertiary/aromatic N) is 2. The normalized spacial score (nSPS) is 9.92. The largest absolute Gasteiger partial charge is 0.306 e. The number of aromatic nitrogens is 1. The molecule has 0 N–H and O–H groups in total.